The Kier molecular flexibility index (Phi) is 5.62. The minimum absolute atomic E-state index is 0.119. The minimum Gasteiger partial charge on any atom is -0.480 e. The lowest BCUT2D eigenvalue weighted by Gasteiger charge is -2.26. The van der Waals surface area contributed by atoms with Gasteiger partial charge >= 0.3 is 5.97 Å². The predicted molar refractivity (Wildman–Crippen MR) is 82.6 cm³/mol. The van der Waals surface area contributed by atoms with Crippen molar-refractivity contribution in [2.75, 3.05) is 11.4 Å². The van der Waals surface area contributed by atoms with Crippen LogP contribution in [-0.4, -0.2) is 23.5 Å². The number of carboxylic acids is 1. The summed E-state index contributed by atoms with van der Waals surface area (Å²) in [5.74, 6) is -0.747. The van der Waals surface area contributed by atoms with Crippen molar-refractivity contribution in [1.82, 2.24) is 0 Å². The highest BCUT2D eigenvalue weighted by Crippen LogP contribution is 2.28. The zero-order valence-corrected chi connectivity index (χ0v) is 12.7. The lowest BCUT2D eigenvalue weighted by molar-refractivity contribution is -0.136. The molecule has 1 aliphatic rings. The zero-order chi connectivity index (χ0) is 15.2. The van der Waals surface area contributed by atoms with Crippen molar-refractivity contribution >= 4 is 29.2 Å². The number of nitrogens with zero attached hydrogens (tertiary/aromatic N) is 1. The summed E-state index contributed by atoms with van der Waals surface area (Å²) in [6.45, 7) is -0.312. The maximum absolute atomic E-state index is 12.5. The van der Waals surface area contributed by atoms with Crippen molar-refractivity contribution in [2.45, 2.75) is 38.5 Å². The fourth-order valence-electron chi connectivity index (χ4n) is 2.83. The van der Waals surface area contributed by atoms with Crippen molar-refractivity contribution in [2.24, 2.45) is 5.92 Å². The molecule has 0 unspecified atom stereocenters. The first-order valence-corrected chi connectivity index (χ1v) is 7.72. The highest BCUT2D eigenvalue weighted by Gasteiger charge is 2.23. The largest absolute Gasteiger partial charge is 0.480 e. The highest BCUT2D eigenvalue weighted by molar-refractivity contribution is 6.30. The average Bonchev–Trinajstić information content (AvgIpc) is 2.46. The molecule has 1 aromatic carbocycles. The molecule has 21 heavy (non-hydrogen) atoms. The van der Waals surface area contributed by atoms with Gasteiger partial charge in [-0.05, 0) is 43.0 Å². The maximum Gasteiger partial charge on any atom is 0.323 e. The van der Waals surface area contributed by atoms with Crippen LogP contribution in [0.15, 0.2) is 24.3 Å². The summed E-state index contributed by atoms with van der Waals surface area (Å²) >= 11 is 5.84. The third kappa shape index (κ3) is 4.74. The molecule has 0 heterocycles. The second kappa shape index (κ2) is 7.46. The quantitative estimate of drug-likeness (QED) is 0.901. The molecule has 1 fully saturated rings. The fourth-order valence-corrected chi connectivity index (χ4v) is 2.95. The number of halogens is 1. The van der Waals surface area contributed by atoms with E-state index in [-0.39, 0.29) is 12.5 Å². The van der Waals surface area contributed by atoms with Gasteiger partial charge < -0.3 is 10.0 Å². The van der Waals surface area contributed by atoms with Crippen molar-refractivity contribution < 1.29 is 14.7 Å². The summed E-state index contributed by atoms with van der Waals surface area (Å²) < 4.78 is 0. The van der Waals surface area contributed by atoms with Gasteiger partial charge in [0.2, 0.25) is 5.91 Å². The number of hydrogen-bond donors (Lipinski definition) is 1. The molecule has 0 spiro atoms. The van der Waals surface area contributed by atoms with Crippen molar-refractivity contribution in [3.05, 3.63) is 29.3 Å². The standard InChI is InChI=1S/C16H20ClNO3/c17-13-6-8-14(9-7-13)18(11-16(20)21)15(19)10-12-4-2-1-3-5-12/h6-9,12H,1-5,10-11H2,(H,20,21). The first-order valence-electron chi connectivity index (χ1n) is 7.34. The topological polar surface area (TPSA) is 57.6 Å². The molecule has 1 N–H and O–H groups in total. The van der Waals surface area contributed by atoms with Crippen LogP contribution < -0.4 is 4.90 Å². The highest BCUT2D eigenvalue weighted by atomic mass is 35.5. The van der Waals surface area contributed by atoms with Crippen LogP contribution in [0, 0.1) is 5.92 Å². The van der Waals surface area contributed by atoms with Gasteiger partial charge in [-0.25, -0.2) is 0 Å². The monoisotopic (exact) mass is 309 g/mol. The second-order valence-electron chi connectivity index (χ2n) is 5.56. The van der Waals surface area contributed by atoms with Gasteiger partial charge in [0.25, 0.3) is 0 Å². The molecule has 1 amide bonds. The molecule has 0 saturated heterocycles. The Balaban J connectivity index is 2.08. The van der Waals surface area contributed by atoms with Gasteiger partial charge in [-0.1, -0.05) is 30.9 Å². The summed E-state index contributed by atoms with van der Waals surface area (Å²) in [6, 6.07) is 6.70. The molecule has 0 atom stereocenters. The van der Waals surface area contributed by atoms with E-state index in [4.69, 9.17) is 16.7 Å². The molecule has 1 aromatic rings. The fraction of sp³-hybridized carbons (Fsp3) is 0.500. The van der Waals surface area contributed by atoms with Crippen LogP contribution in [-0.2, 0) is 9.59 Å². The van der Waals surface area contributed by atoms with Gasteiger partial charge in [-0.3, -0.25) is 9.59 Å². The SMILES string of the molecule is O=C(O)CN(C(=O)CC1CCCCC1)c1ccc(Cl)cc1. The van der Waals surface area contributed by atoms with Gasteiger partial charge in [0, 0.05) is 17.1 Å². The van der Waals surface area contributed by atoms with E-state index in [1.165, 1.54) is 11.3 Å². The minimum atomic E-state index is -1.01. The van der Waals surface area contributed by atoms with Crippen LogP contribution >= 0.6 is 11.6 Å². The number of anilines is 1. The molecule has 0 aliphatic heterocycles. The molecular weight excluding hydrogens is 290 g/mol. The Morgan fingerprint density at radius 1 is 1.14 bits per heavy atom. The van der Waals surface area contributed by atoms with Crippen LogP contribution in [0.2, 0.25) is 5.02 Å². The van der Waals surface area contributed by atoms with Crippen LogP contribution in [0.4, 0.5) is 5.69 Å². The molecule has 0 aromatic heterocycles. The van der Waals surface area contributed by atoms with Crippen LogP contribution in [0.5, 0.6) is 0 Å². The van der Waals surface area contributed by atoms with Crippen molar-refractivity contribution in [1.29, 1.82) is 0 Å². The number of hydrogen-bond acceptors (Lipinski definition) is 2. The average molecular weight is 310 g/mol. The Labute approximate surface area is 129 Å². The van der Waals surface area contributed by atoms with E-state index in [0.29, 0.717) is 23.0 Å². The van der Waals surface area contributed by atoms with Gasteiger partial charge in [0.05, 0.1) is 0 Å². The Morgan fingerprint density at radius 3 is 2.33 bits per heavy atom. The number of carboxylic acid groups (broad SMARTS) is 1. The predicted octanol–water partition coefficient (Wildman–Crippen LogP) is 3.73. The summed E-state index contributed by atoms with van der Waals surface area (Å²) in [7, 11) is 0. The van der Waals surface area contributed by atoms with Crippen molar-refractivity contribution in [3.63, 3.8) is 0 Å². The summed E-state index contributed by atoms with van der Waals surface area (Å²) in [4.78, 5) is 24.8. The van der Waals surface area contributed by atoms with Gasteiger partial charge in [0.15, 0.2) is 0 Å². The Hall–Kier alpha value is -1.55. The molecule has 0 bridgehead atoms. The molecule has 2 rings (SSSR count). The van der Waals surface area contributed by atoms with E-state index in [2.05, 4.69) is 0 Å². The van der Waals surface area contributed by atoms with E-state index in [9.17, 15) is 9.59 Å². The summed E-state index contributed by atoms with van der Waals surface area (Å²) in [5, 5.41) is 9.60. The van der Waals surface area contributed by atoms with Gasteiger partial charge in [-0.15, -0.1) is 0 Å². The van der Waals surface area contributed by atoms with Crippen LogP contribution in [0.3, 0.4) is 0 Å². The number of benzene rings is 1. The molecular formula is C16H20ClNO3. The molecule has 1 aliphatic carbocycles. The summed E-state index contributed by atoms with van der Waals surface area (Å²) in [5.41, 5.74) is 0.586. The van der Waals surface area contributed by atoms with Crippen LogP contribution in [0.1, 0.15) is 38.5 Å². The van der Waals surface area contributed by atoms with E-state index < -0.39 is 5.97 Å². The third-order valence-corrected chi connectivity index (χ3v) is 4.17. The Bertz CT molecular complexity index is 495. The van der Waals surface area contributed by atoms with Gasteiger partial charge in [0.1, 0.15) is 6.54 Å². The van der Waals surface area contributed by atoms with Crippen molar-refractivity contribution in [3.8, 4) is 0 Å². The third-order valence-electron chi connectivity index (χ3n) is 3.92. The maximum atomic E-state index is 12.5. The second-order valence-corrected chi connectivity index (χ2v) is 5.99. The number of carbonyl (C=O) groups excluding carboxylic acids is 1. The van der Waals surface area contributed by atoms with E-state index in [1.54, 1.807) is 24.3 Å². The van der Waals surface area contributed by atoms with E-state index in [0.717, 1.165) is 25.7 Å². The van der Waals surface area contributed by atoms with Crippen LogP contribution in [0.25, 0.3) is 0 Å². The number of aliphatic carboxylic acids is 1. The summed E-state index contributed by atoms with van der Waals surface area (Å²) in [6.07, 6.45) is 6.12. The number of carbonyl (C=O) groups is 2. The first-order chi connectivity index (χ1) is 10.1. The number of rotatable bonds is 5. The van der Waals surface area contributed by atoms with E-state index >= 15 is 0 Å². The molecule has 0 radical (unpaired) electrons. The molecule has 5 heteroatoms. The lowest BCUT2D eigenvalue weighted by atomic mass is 9.86. The first kappa shape index (κ1) is 15.8. The lowest BCUT2D eigenvalue weighted by Crippen LogP contribution is -2.36. The number of amides is 1. The smallest absolute Gasteiger partial charge is 0.323 e. The zero-order valence-electron chi connectivity index (χ0n) is 11.9. The molecule has 114 valence electrons. The van der Waals surface area contributed by atoms with Gasteiger partial charge in [-0.2, -0.15) is 0 Å². The molecule has 1 saturated carbocycles. The van der Waals surface area contributed by atoms with E-state index in [1.807, 2.05) is 0 Å². The Morgan fingerprint density at radius 2 is 1.76 bits per heavy atom. The normalized spacial score (nSPS) is 15.7. The molecule has 4 nitrogen and oxygen atoms in total.